The zero-order valence-corrected chi connectivity index (χ0v) is 22.2. The van der Waals surface area contributed by atoms with Crippen LogP contribution in [0.4, 0.5) is 5.69 Å². The normalized spacial score (nSPS) is 16.6. The number of rotatable bonds is 6. The molecule has 8 nitrogen and oxygen atoms in total. The average Bonchev–Trinajstić information content (AvgIpc) is 3.61. The van der Waals surface area contributed by atoms with Gasteiger partial charge in [0.25, 0.3) is 5.91 Å². The SMILES string of the molecule is CN(C)c1ccc(C2C(C(=O)c3cc4cc(Br)ccc4o3)=C(O)C(=O)N2Cc2ccc3c(c2)OCO3)cc1. The van der Waals surface area contributed by atoms with Crippen molar-refractivity contribution < 1.29 is 28.6 Å². The average molecular weight is 575 g/mol. The van der Waals surface area contributed by atoms with E-state index in [1.54, 1.807) is 24.3 Å². The zero-order chi connectivity index (χ0) is 26.6. The van der Waals surface area contributed by atoms with E-state index in [0.29, 0.717) is 22.6 Å². The predicted octanol–water partition coefficient (Wildman–Crippen LogP) is 5.77. The molecule has 2 aliphatic heterocycles. The maximum Gasteiger partial charge on any atom is 0.290 e. The number of aliphatic hydroxyl groups excluding tert-OH is 1. The van der Waals surface area contributed by atoms with Crippen LogP contribution in [0, 0.1) is 0 Å². The van der Waals surface area contributed by atoms with Gasteiger partial charge in [0.15, 0.2) is 23.0 Å². The second-order valence-corrected chi connectivity index (χ2v) is 10.3. The fourth-order valence-electron chi connectivity index (χ4n) is 4.84. The van der Waals surface area contributed by atoms with E-state index >= 15 is 0 Å². The number of fused-ring (bicyclic) bond motifs is 2. The number of aliphatic hydroxyl groups is 1. The van der Waals surface area contributed by atoms with Crippen molar-refractivity contribution in [2.75, 3.05) is 25.8 Å². The molecular weight excluding hydrogens is 552 g/mol. The molecule has 6 rings (SSSR count). The van der Waals surface area contributed by atoms with Crippen molar-refractivity contribution >= 4 is 44.3 Å². The number of hydrogen-bond acceptors (Lipinski definition) is 7. The van der Waals surface area contributed by atoms with Crippen LogP contribution in [0.25, 0.3) is 11.0 Å². The van der Waals surface area contributed by atoms with E-state index in [0.717, 1.165) is 21.1 Å². The van der Waals surface area contributed by atoms with E-state index in [1.165, 1.54) is 4.90 Å². The fourth-order valence-corrected chi connectivity index (χ4v) is 5.22. The number of hydrogen-bond donors (Lipinski definition) is 1. The topological polar surface area (TPSA) is 92.5 Å². The number of halogens is 1. The Morgan fingerprint density at radius 1 is 1.03 bits per heavy atom. The summed E-state index contributed by atoms with van der Waals surface area (Å²) in [7, 11) is 3.86. The number of carbonyl (C=O) groups excluding carboxylic acids is 2. The van der Waals surface area contributed by atoms with E-state index in [9.17, 15) is 14.7 Å². The molecule has 0 radical (unpaired) electrons. The van der Waals surface area contributed by atoms with Gasteiger partial charge in [0.1, 0.15) is 5.58 Å². The van der Waals surface area contributed by atoms with Crippen LogP contribution in [0.15, 0.2) is 87.0 Å². The molecule has 4 aromatic rings. The van der Waals surface area contributed by atoms with Crippen LogP contribution in [-0.4, -0.2) is 42.6 Å². The highest BCUT2D eigenvalue weighted by atomic mass is 79.9. The number of carbonyl (C=O) groups is 2. The first-order chi connectivity index (χ1) is 18.3. The van der Waals surface area contributed by atoms with Gasteiger partial charge in [-0.15, -0.1) is 0 Å². The lowest BCUT2D eigenvalue weighted by molar-refractivity contribution is -0.130. The van der Waals surface area contributed by atoms with Crippen LogP contribution in [-0.2, 0) is 11.3 Å². The van der Waals surface area contributed by atoms with Crippen LogP contribution in [0.1, 0.15) is 27.7 Å². The van der Waals surface area contributed by atoms with Gasteiger partial charge in [-0.2, -0.15) is 0 Å². The van der Waals surface area contributed by atoms with E-state index in [4.69, 9.17) is 13.9 Å². The third-order valence-corrected chi connectivity index (χ3v) is 7.26. The first kappa shape index (κ1) is 24.1. The second kappa shape index (κ2) is 9.25. The minimum atomic E-state index is -0.823. The van der Waals surface area contributed by atoms with Crippen LogP contribution < -0.4 is 14.4 Å². The summed E-state index contributed by atoms with van der Waals surface area (Å²) >= 11 is 3.43. The number of nitrogens with zero attached hydrogens (tertiary/aromatic N) is 2. The Labute approximate surface area is 226 Å². The number of anilines is 1. The lowest BCUT2D eigenvalue weighted by Crippen LogP contribution is -2.30. The number of Topliss-reactive ketones (excluding diaryl/α,β-unsaturated/α-hetero) is 1. The predicted molar refractivity (Wildman–Crippen MR) is 145 cm³/mol. The quantitative estimate of drug-likeness (QED) is 0.292. The van der Waals surface area contributed by atoms with Crippen molar-refractivity contribution in [3.63, 3.8) is 0 Å². The van der Waals surface area contributed by atoms with Gasteiger partial charge in [-0.25, -0.2) is 0 Å². The smallest absolute Gasteiger partial charge is 0.290 e. The van der Waals surface area contributed by atoms with Crippen molar-refractivity contribution in [3.05, 3.63) is 99.4 Å². The number of furan rings is 1. The molecule has 1 atom stereocenters. The largest absolute Gasteiger partial charge is 0.503 e. The van der Waals surface area contributed by atoms with Gasteiger partial charge in [-0.05, 0) is 59.7 Å². The second-order valence-electron chi connectivity index (χ2n) is 9.39. The maximum atomic E-state index is 13.8. The molecule has 0 saturated carbocycles. The molecule has 0 spiro atoms. The van der Waals surface area contributed by atoms with E-state index < -0.39 is 23.5 Å². The number of amides is 1. The van der Waals surface area contributed by atoms with E-state index in [-0.39, 0.29) is 24.7 Å². The van der Waals surface area contributed by atoms with Gasteiger partial charge in [-0.1, -0.05) is 34.1 Å². The van der Waals surface area contributed by atoms with Gasteiger partial charge >= 0.3 is 0 Å². The molecule has 1 N–H and O–H groups in total. The molecule has 3 aromatic carbocycles. The zero-order valence-electron chi connectivity index (χ0n) is 20.6. The summed E-state index contributed by atoms with van der Waals surface area (Å²) in [6, 6.07) is 19.2. The number of benzene rings is 3. The van der Waals surface area contributed by atoms with Crippen molar-refractivity contribution in [3.8, 4) is 11.5 Å². The fraction of sp³-hybridized carbons (Fsp3) is 0.172. The standard InChI is InChI=1S/C29H23BrN2O6/c1-31(2)20-7-4-17(5-8-20)26-25(27(33)24-13-18-12-19(30)6-10-21(18)38-24)28(34)29(35)32(26)14-16-3-9-22-23(11-16)37-15-36-22/h3-13,26,34H,14-15H2,1-2H3. The molecule has 192 valence electrons. The summed E-state index contributed by atoms with van der Waals surface area (Å²) in [6.45, 7) is 0.279. The summed E-state index contributed by atoms with van der Waals surface area (Å²) in [5.74, 6) is -0.496. The highest BCUT2D eigenvalue weighted by molar-refractivity contribution is 9.10. The van der Waals surface area contributed by atoms with Crippen molar-refractivity contribution in [2.45, 2.75) is 12.6 Å². The summed E-state index contributed by atoms with van der Waals surface area (Å²) in [5, 5.41) is 11.8. The van der Waals surface area contributed by atoms with Crippen molar-refractivity contribution in [1.82, 2.24) is 4.90 Å². The Morgan fingerprint density at radius 3 is 2.55 bits per heavy atom. The minimum absolute atomic E-state index is 0.0218. The van der Waals surface area contributed by atoms with Gasteiger partial charge in [0.2, 0.25) is 12.6 Å². The lowest BCUT2D eigenvalue weighted by Gasteiger charge is -2.27. The Hall–Kier alpha value is -4.24. The summed E-state index contributed by atoms with van der Waals surface area (Å²) < 4.78 is 17.6. The third-order valence-electron chi connectivity index (χ3n) is 6.77. The molecule has 2 aliphatic rings. The molecule has 0 aliphatic carbocycles. The summed E-state index contributed by atoms with van der Waals surface area (Å²) in [5.41, 5.74) is 2.93. The van der Waals surface area contributed by atoms with Crippen LogP contribution >= 0.6 is 15.9 Å². The molecule has 3 heterocycles. The van der Waals surface area contributed by atoms with Crippen LogP contribution in [0.2, 0.25) is 0 Å². The van der Waals surface area contributed by atoms with Gasteiger partial charge in [0.05, 0.1) is 11.6 Å². The molecule has 1 aromatic heterocycles. The van der Waals surface area contributed by atoms with Gasteiger partial charge < -0.3 is 28.8 Å². The first-order valence-electron chi connectivity index (χ1n) is 11.9. The third kappa shape index (κ3) is 4.09. The van der Waals surface area contributed by atoms with Crippen molar-refractivity contribution in [2.24, 2.45) is 0 Å². The molecule has 0 bridgehead atoms. The Kier molecular flexibility index (Phi) is 5.87. The lowest BCUT2D eigenvalue weighted by atomic mass is 9.94. The van der Waals surface area contributed by atoms with E-state index in [2.05, 4.69) is 15.9 Å². The Bertz CT molecular complexity index is 1620. The first-order valence-corrected chi connectivity index (χ1v) is 12.7. The number of ether oxygens (including phenoxy) is 2. The maximum absolute atomic E-state index is 13.8. The van der Waals surface area contributed by atoms with Crippen molar-refractivity contribution in [1.29, 1.82) is 0 Å². The Morgan fingerprint density at radius 2 is 1.79 bits per heavy atom. The summed E-state index contributed by atoms with van der Waals surface area (Å²) in [4.78, 5) is 30.7. The molecule has 0 fully saturated rings. The van der Waals surface area contributed by atoms with E-state index in [1.807, 2.05) is 61.5 Å². The molecule has 1 amide bonds. The Balaban J connectivity index is 1.42. The summed E-state index contributed by atoms with van der Waals surface area (Å²) in [6.07, 6.45) is 0. The number of ketones is 1. The highest BCUT2D eigenvalue weighted by Gasteiger charge is 2.44. The molecule has 0 saturated heterocycles. The molecule has 9 heteroatoms. The highest BCUT2D eigenvalue weighted by Crippen LogP contribution is 2.42. The minimum Gasteiger partial charge on any atom is -0.503 e. The van der Waals surface area contributed by atoms with Gasteiger partial charge in [-0.3, -0.25) is 9.59 Å². The monoisotopic (exact) mass is 574 g/mol. The molecular formula is C29H23BrN2O6. The van der Waals surface area contributed by atoms with Crippen LogP contribution in [0.3, 0.4) is 0 Å². The molecule has 1 unspecified atom stereocenters. The van der Waals surface area contributed by atoms with Gasteiger partial charge in [0, 0.05) is 36.2 Å². The molecule has 38 heavy (non-hydrogen) atoms. The van der Waals surface area contributed by atoms with Crippen LogP contribution in [0.5, 0.6) is 11.5 Å².